The number of aromatic nitrogens is 3. The van der Waals surface area contributed by atoms with E-state index in [4.69, 9.17) is 9.15 Å². The van der Waals surface area contributed by atoms with E-state index in [-0.39, 0.29) is 6.04 Å². The third-order valence-electron chi connectivity index (χ3n) is 2.58. The minimum absolute atomic E-state index is 0.0449. The highest BCUT2D eigenvalue weighted by Crippen LogP contribution is 2.22. The number of nitrogens with zero attached hydrogens (tertiary/aromatic N) is 3. The summed E-state index contributed by atoms with van der Waals surface area (Å²) < 4.78 is 10.4. The molecule has 0 aromatic carbocycles. The van der Waals surface area contributed by atoms with Gasteiger partial charge in [0.1, 0.15) is 5.01 Å². The fourth-order valence-electron chi connectivity index (χ4n) is 1.57. The summed E-state index contributed by atoms with van der Waals surface area (Å²) >= 11 is 1.65. The van der Waals surface area contributed by atoms with Crippen molar-refractivity contribution in [3.8, 4) is 0 Å². The molecule has 0 spiro atoms. The molecule has 8 heteroatoms. The highest BCUT2D eigenvalue weighted by Gasteiger charge is 2.13. The van der Waals surface area contributed by atoms with Crippen molar-refractivity contribution in [2.75, 3.05) is 25.6 Å². The van der Waals surface area contributed by atoms with Gasteiger partial charge in [-0.25, -0.2) is 4.98 Å². The monoisotopic (exact) mass is 297 g/mol. The van der Waals surface area contributed by atoms with Gasteiger partial charge in [-0.1, -0.05) is 5.10 Å². The van der Waals surface area contributed by atoms with Crippen LogP contribution in [0.25, 0.3) is 0 Å². The smallest absolute Gasteiger partial charge is 0.316 e. The van der Waals surface area contributed by atoms with Crippen molar-refractivity contribution in [2.45, 2.75) is 26.4 Å². The fourth-order valence-corrected chi connectivity index (χ4v) is 2.35. The van der Waals surface area contributed by atoms with Crippen molar-refractivity contribution in [1.82, 2.24) is 20.5 Å². The molecule has 20 heavy (non-hydrogen) atoms. The summed E-state index contributed by atoms with van der Waals surface area (Å²) in [5, 5.41) is 15.2. The topological polar surface area (TPSA) is 85.1 Å². The van der Waals surface area contributed by atoms with Gasteiger partial charge in [0.2, 0.25) is 5.89 Å². The van der Waals surface area contributed by atoms with Crippen LogP contribution < -0.4 is 10.6 Å². The van der Waals surface area contributed by atoms with Gasteiger partial charge >= 0.3 is 6.01 Å². The van der Waals surface area contributed by atoms with Crippen molar-refractivity contribution in [3.05, 3.63) is 22.0 Å². The van der Waals surface area contributed by atoms with Gasteiger partial charge in [0.15, 0.2) is 0 Å². The first-order valence-electron chi connectivity index (χ1n) is 6.40. The number of anilines is 1. The van der Waals surface area contributed by atoms with E-state index in [9.17, 15) is 0 Å². The Morgan fingerprint density at radius 1 is 1.45 bits per heavy atom. The van der Waals surface area contributed by atoms with Crippen LogP contribution in [0, 0.1) is 6.92 Å². The second kappa shape index (κ2) is 7.32. The first-order valence-corrected chi connectivity index (χ1v) is 7.21. The van der Waals surface area contributed by atoms with Gasteiger partial charge in [-0.2, -0.15) is 0 Å². The number of nitrogens with one attached hydrogen (secondary N) is 2. The minimum atomic E-state index is 0.0449. The van der Waals surface area contributed by atoms with Crippen LogP contribution in [0.15, 0.2) is 10.6 Å². The molecule has 0 saturated carbocycles. The molecule has 0 amide bonds. The fraction of sp³-hybridized carbons (Fsp3) is 0.583. The van der Waals surface area contributed by atoms with Gasteiger partial charge in [-0.15, -0.1) is 16.4 Å². The summed E-state index contributed by atoms with van der Waals surface area (Å²) in [7, 11) is 1.66. The summed E-state index contributed by atoms with van der Waals surface area (Å²) in [6.07, 6.45) is 1.86. The van der Waals surface area contributed by atoms with E-state index in [2.05, 4.69) is 25.8 Å². The Balaban J connectivity index is 1.83. The summed E-state index contributed by atoms with van der Waals surface area (Å²) in [6.45, 7) is 5.97. The lowest BCUT2D eigenvalue weighted by atomic mass is 10.4. The molecule has 0 radical (unpaired) electrons. The molecule has 0 aliphatic heterocycles. The molecular weight excluding hydrogens is 278 g/mol. The maximum atomic E-state index is 5.50. The summed E-state index contributed by atoms with van der Waals surface area (Å²) in [5.74, 6) is 0.547. The van der Waals surface area contributed by atoms with Gasteiger partial charge in [0, 0.05) is 24.7 Å². The van der Waals surface area contributed by atoms with E-state index in [0.29, 0.717) is 25.1 Å². The molecule has 110 valence electrons. The predicted octanol–water partition coefficient (Wildman–Crippen LogP) is 1.74. The molecule has 2 N–H and O–H groups in total. The molecule has 7 nitrogen and oxygen atoms in total. The van der Waals surface area contributed by atoms with Crippen molar-refractivity contribution >= 4 is 17.4 Å². The Morgan fingerprint density at radius 2 is 2.30 bits per heavy atom. The van der Waals surface area contributed by atoms with E-state index in [1.54, 1.807) is 18.4 Å². The van der Waals surface area contributed by atoms with E-state index < -0.39 is 0 Å². The van der Waals surface area contributed by atoms with E-state index >= 15 is 0 Å². The van der Waals surface area contributed by atoms with Crippen molar-refractivity contribution in [2.24, 2.45) is 0 Å². The van der Waals surface area contributed by atoms with Gasteiger partial charge in [0.05, 0.1) is 19.2 Å². The van der Waals surface area contributed by atoms with E-state index in [1.165, 1.54) is 4.88 Å². The van der Waals surface area contributed by atoms with Crippen LogP contribution in [0.2, 0.25) is 0 Å². The lowest BCUT2D eigenvalue weighted by Crippen LogP contribution is -2.18. The van der Waals surface area contributed by atoms with E-state index in [0.717, 1.165) is 11.6 Å². The van der Waals surface area contributed by atoms with Crippen molar-refractivity contribution in [3.63, 3.8) is 0 Å². The van der Waals surface area contributed by atoms with Crippen LogP contribution in [-0.4, -0.2) is 35.4 Å². The molecule has 2 rings (SSSR count). The number of methoxy groups -OCH3 is 1. The number of rotatable bonds is 8. The van der Waals surface area contributed by atoms with Crippen LogP contribution in [0.3, 0.4) is 0 Å². The Kier molecular flexibility index (Phi) is 5.45. The van der Waals surface area contributed by atoms with Gasteiger partial charge in [-0.3, -0.25) is 0 Å². The Labute approximate surface area is 121 Å². The maximum absolute atomic E-state index is 5.50. The third-order valence-corrected chi connectivity index (χ3v) is 3.67. The summed E-state index contributed by atoms with van der Waals surface area (Å²) in [6, 6.07) is 0.456. The van der Waals surface area contributed by atoms with E-state index in [1.807, 2.05) is 20.0 Å². The van der Waals surface area contributed by atoms with Crippen LogP contribution in [0.5, 0.6) is 0 Å². The molecule has 1 unspecified atom stereocenters. The lowest BCUT2D eigenvalue weighted by molar-refractivity contribution is 0.198. The molecule has 2 aromatic rings. The van der Waals surface area contributed by atoms with Gasteiger partial charge < -0.3 is 19.8 Å². The summed E-state index contributed by atoms with van der Waals surface area (Å²) in [4.78, 5) is 5.51. The largest absolute Gasteiger partial charge is 0.407 e. The molecule has 0 aliphatic rings. The zero-order valence-corrected chi connectivity index (χ0v) is 12.7. The number of ether oxygens (including phenoxy) is 1. The number of aryl methyl sites for hydroxylation is 1. The molecule has 1 atom stereocenters. The standard InChI is InChI=1S/C12H19N5O2S/c1-8-6-14-11(20-8)9(2)15-12-17-16-10(19-12)7-13-4-5-18-3/h6,9,13H,4-5,7H2,1-3H3,(H,15,17). The molecule has 0 saturated heterocycles. The highest BCUT2D eigenvalue weighted by molar-refractivity contribution is 7.11. The Bertz CT molecular complexity index is 527. The van der Waals surface area contributed by atoms with Crippen LogP contribution in [0.4, 0.5) is 6.01 Å². The third kappa shape index (κ3) is 4.26. The number of thiazole rings is 1. The predicted molar refractivity (Wildman–Crippen MR) is 76.8 cm³/mol. The SMILES string of the molecule is COCCNCc1nnc(NC(C)c2ncc(C)s2)o1. The summed E-state index contributed by atoms with van der Waals surface area (Å²) in [5.41, 5.74) is 0. The van der Waals surface area contributed by atoms with Crippen molar-refractivity contribution in [1.29, 1.82) is 0 Å². The average molecular weight is 297 g/mol. The number of hydrogen-bond donors (Lipinski definition) is 2. The zero-order valence-electron chi connectivity index (χ0n) is 11.8. The normalized spacial score (nSPS) is 12.6. The van der Waals surface area contributed by atoms with Crippen LogP contribution >= 0.6 is 11.3 Å². The molecule has 2 heterocycles. The molecular formula is C12H19N5O2S. The molecule has 0 fully saturated rings. The number of hydrogen-bond acceptors (Lipinski definition) is 8. The second-order valence-corrected chi connectivity index (χ2v) is 5.61. The second-order valence-electron chi connectivity index (χ2n) is 4.35. The molecule has 0 bridgehead atoms. The van der Waals surface area contributed by atoms with Crippen LogP contribution in [-0.2, 0) is 11.3 Å². The lowest BCUT2D eigenvalue weighted by Gasteiger charge is -2.07. The molecule has 2 aromatic heterocycles. The van der Waals surface area contributed by atoms with Gasteiger partial charge in [0.25, 0.3) is 0 Å². The Morgan fingerprint density at radius 3 is 3.00 bits per heavy atom. The first-order chi connectivity index (χ1) is 9.69. The zero-order chi connectivity index (χ0) is 14.4. The quantitative estimate of drug-likeness (QED) is 0.718. The Hall–Kier alpha value is -1.51. The molecule has 0 aliphatic carbocycles. The highest BCUT2D eigenvalue weighted by atomic mass is 32.1. The minimum Gasteiger partial charge on any atom is -0.407 e. The van der Waals surface area contributed by atoms with Crippen molar-refractivity contribution < 1.29 is 9.15 Å². The van der Waals surface area contributed by atoms with Crippen LogP contribution in [0.1, 0.15) is 28.7 Å². The first kappa shape index (κ1) is 14.9. The average Bonchev–Trinajstić information content (AvgIpc) is 3.04. The van der Waals surface area contributed by atoms with Gasteiger partial charge in [-0.05, 0) is 13.8 Å². The maximum Gasteiger partial charge on any atom is 0.316 e.